The summed E-state index contributed by atoms with van der Waals surface area (Å²) in [4.78, 5) is 30.9. The van der Waals surface area contributed by atoms with Gasteiger partial charge in [0, 0.05) is 48.9 Å². The molecule has 2 aliphatic rings. The number of nitrogens with zero attached hydrogens (tertiary/aromatic N) is 3. The van der Waals surface area contributed by atoms with Crippen LogP contribution in [-0.2, 0) is 13.1 Å². The number of amides is 1. The molecule has 0 unspecified atom stereocenters. The van der Waals surface area contributed by atoms with Gasteiger partial charge in [0.05, 0.1) is 0 Å². The number of aromatic nitrogens is 1. The third kappa shape index (κ3) is 4.13. The quantitative estimate of drug-likeness (QED) is 0.611. The van der Waals surface area contributed by atoms with Crippen LogP contribution in [0.25, 0.3) is 11.1 Å². The van der Waals surface area contributed by atoms with Crippen molar-refractivity contribution in [1.82, 2.24) is 14.4 Å². The Morgan fingerprint density at radius 3 is 2.61 bits per heavy atom. The molecule has 5 heteroatoms. The Hall–Kier alpha value is -3.18. The first kappa shape index (κ1) is 21.7. The van der Waals surface area contributed by atoms with E-state index in [9.17, 15) is 9.59 Å². The van der Waals surface area contributed by atoms with Crippen LogP contribution in [0.1, 0.15) is 39.5 Å². The third-order valence-corrected chi connectivity index (χ3v) is 6.94. The molecule has 0 radical (unpaired) electrons. The predicted octanol–water partition coefficient (Wildman–Crippen LogP) is 4.14. The van der Waals surface area contributed by atoms with Crippen molar-refractivity contribution in [2.45, 2.75) is 32.4 Å². The van der Waals surface area contributed by atoms with Crippen LogP contribution in [0.2, 0.25) is 0 Å². The summed E-state index contributed by atoms with van der Waals surface area (Å²) in [5, 5.41) is 0. The molecular formula is C28H31N3O2. The third-order valence-electron chi connectivity index (χ3n) is 6.94. The molecular weight excluding hydrogens is 410 g/mol. The van der Waals surface area contributed by atoms with E-state index >= 15 is 0 Å². The Balaban J connectivity index is 1.44. The predicted molar refractivity (Wildman–Crippen MR) is 131 cm³/mol. The molecule has 2 atom stereocenters. The minimum atomic E-state index is 0.0850. The first-order chi connectivity index (χ1) is 15.9. The zero-order valence-electron chi connectivity index (χ0n) is 19.6. The lowest BCUT2D eigenvalue weighted by atomic mass is 9.82. The van der Waals surface area contributed by atoms with E-state index in [2.05, 4.69) is 31.2 Å². The zero-order valence-corrected chi connectivity index (χ0v) is 19.6. The number of hydrogen-bond acceptors (Lipinski definition) is 3. The van der Waals surface area contributed by atoms with Gasteiger partial charge >= 0.3 is 0 Å². The standard InChI is InChI=1S/C28H31N3O2/c1-19-7-6-8-21(13-19)24-9-4-5-10-25(24)28(33)30-15-20-14-23(18-30)26-12-11-22(17-29(2)3)27(32)31(26)16-20/h4-13,20,23H,14-18H2,1-3H3/t20-,23+/m0/s1. The lowest BCUT2D eigenvalue weighted by molar-refractivity contribution is 0.0595. The highest BCUT2D eigenvalue weighted by Crippen LogP contribution is 2.36. The second-order valence-electron chi connectivity index (χ2n) is 9.86. The Labute approximate surface area is 195 Å². The van der Waals surface area contributed by atoms with Crippen LogP contribution in [0.15, 0.2) is 65.5 Å². The Kier molecular flexibility index (Phi) is 5.67. The van der Waals surface area contributed by atoms with Gasteiger partial charge in [0.25, 0.3) is 11.5 Å². The number of benzene rings is 2. The van der Waals surface area contributed by atoms with E-state index in [1.165, 1.54) is 5.56 Å². The number of rotatable bonds is 4. The lowest BCUT2D eigenvalue weighted by Gasteiger charge is -2.43. The van der Waals surface area contributed by atoms with Crippen LogP contribution >= 0.6 is 0 Å². The van der Waals surface area contributed by atoms with Crippen molar-refractivity contribution in [3.05, 3.63) is 93.4 Å². The highest BCUT2D eigenvalue weighted by Gasteiger charge is 2.37. The van der Waals surface area contributed by atoms with Crippen LogP contribution in [0, 0.1) is 12.8 Å². The average Bonchev–Trinajstić information content (AvgIpc) is 2.80. The maximum atomic E-state index is 13.7. The fraction of sp³-hybridized carbons (Fsp3) is 0.357. The number of pyridine rings is 1. The van der Waals surface area contributed by atoms with E-state index in [0.29, 0.717) is 32.1 Å². The Morgan fingerprint density at radius 1 is 1.00 bits per heavy atom. The molecule has 1 fully saturated rings. The van der Waals surface area contributed by atoms with Crippen LogP contribution < -0.4 is 5.56 Å². The molecule has 2 aromatic carbocycles. The summed E-state index contributed by atoms with van der Waals surface area (Å²) in [5.74, 6) is 0.592. The van der Waals surface area contributed by atoms with Gasteiger partial charge in [-0.25, -0.2) is 0 Å². The van der Waals surface area contributed by atoms with Gasteiger partial charge in [-0.3, -0.25) is 9.59 Å². The van der Waals surface area contributed by atoms with Crippen LogP contribution in [0.4, 0.5) is 0 Å². The molecule has 0 N–H and O–H groups in total. The number of carbonyl (C=O) groups is 1. The summed E-state index contributed by atoms with van der Waals surface area (Å²) < 4.78 is 1.97. The summed E-state index contributed by atoms with van der Waals surface area (Å²) >= 11 is 0. The maximum absolute atomic E-state index is 13.7. The number of aryl methyl sites for hydroxylation is 1. The topological polar surface area (TPSA) is 45.6 Å². The average molecular weight is 442 g/mol. The highest BCUT2D eigenvalue weighted by atomic mass is 16.2. The van der Waals surface area contributed by atoms with Gasteiger partial charge in [0.1, 0.15) is 0 Å². The van der Waals surface area contributed by atoms with E-state index in [1.54, 1.807) is 0 Å². The van der Waals surface area contributed by atoms with Crippen LogP contribution in [-0.4, -0.2) is 47.5 Å². The zero-order chi connectivity index (χ0) is 23.1. The molecule has 1 saturated heterocycles. The second kappa shape index (κ2) is 8.64. The van der Waals surface area contributed by atoms with Crippen molar-refractivity contribution in [2.24, 2.45) is 5.92 Å². The molecule has 5 rings (SSSR count). The van der Waals surface area contributed by atoms with E-state index in [-0.39, 0.29) is 17.4 Å². The van der Waals surface area contributed by atoms with Gasteiger partial charge in [0.2, 0.25) is 0 Å². The summed E-state index contributed by atoms with van der Waals surface area (Å²) in [6, 6.07) is 20.3. The lowest BCUT2D eigenvalue weighted by Crippen LogP contribution is -2.49. The number of fused-ring (bicyclic) bond motifs is 4. The van der Waals surface area contributed by atoms with Gasteiger partial charge in [-0.05, 0) is 56.6 Å². The number of piperidine rings is 1. The number of carbonyl (C=O) groups excluding carboxylic acids is 1. The molecule has 2 bridgehead atoms. The molecule has 3 heterocycles. The van der Waals surface area contributed by atoms with Gasteiger partial charge in [-0.1, -0.05) is 54.1 Å². The Morgan fingerprint density at radius 2 is 1.82 bits per heavy atom. The van der Waals surface area contributed by atoms with Gasteiger partial charge < -0.3 is 14.4 Å². The minimum absolute atomic E-state index is 0.0850. The smallest absolute Gasteiger partial charge is 0.255 e. The van der Waals surface area contributed by atoms with Crippen LogP contribution in [0.5, 0.6) is 0 Å². The van der Waals surface area contributed by atoms with E-state index in [4.69, 9.17) is 0 Å². The van der Waals surface area contributed by atoms with Gasteiger partial charge in [0.15, 0.2) is 0 Å². The second-order valence-corrected chi connectivity index (χ2v) is 9.86. The largest absolute Gasteiger partial charge is 0.338 e. The molecule has 0 saturated carbocycles. The summed E-state index contributed by atoms with van der Waals surface area (Å²) in [5.41, 5.74) is 6.01. The molecule has 3 aromatic rings. The fourth-order valence-corrected chi connectivity index (χ4v) is 5.52. The molecule has 33 heavy (non-hydrogen) atoms. The summed E-state index contributed by atoms with van der Waals surface area (Å²) in [6.07, 6.45) is 1.04. The minimum Gasteiger partial charge on any atom is -0.338 e. The SMILES string of the molecule is Cc1cccc(-c2ccccc2C(=O)N2C[C@@H]3C[C@H](C2)c2ccc(CN(C)C)c(=O)n2C3)c1. The van der Waals surface area contributed by atoms with Gasteiger partial charge in [-0.15, -0.1) is 0 Å². The normalized spacial score (nSPS) is 19.5. The number of likely N-dealkylation sites (tertiary alicyclic amines) is 1. The fourth-order valence-electron chi connectivity index (χ4n) is 5.52. The van der Waals surface area contributed by atoms with Crippen molar-refractivity contribution in [1.29, 1.82) is 0 Å². The van der Waals surface area contributed by atoms with E-state index in [0.717, 1.165) is 34.4 Å². The van der Waals surface area contributed by atoms with Gasteiger partial charge in [-0.2, -0.15) is 0 Å². The maximum Gasteiger partial charge on any atom is 0.255 e. The first-order valence-electron chi connectivity index (χ1n) is 11.7. The van der Waals surface area contributed by atoms with E-state index < -0.39 is 0 Å². The van der Waals surface area contributed by atoms with Crippen molar-refractivity contribution in [2.75, 3.05) is 27.2 Å². The monoisotopic (exact) mass is 441 g/mol. The summed E-state index contributed by atoms with van der Waals surface area (Å²) in [7, 11) is 3.97. The van der Waals surface area contributed by atoms with Crippen molar-refractivity contribution >= 4 is 5.91 Å². The van der Waals surface area contributed by atoms with Crippen LogP contribution in [0.3, 0.4) is 0 Å². The molecule has 5 nitrogen and oxygen atoms in total. The molecule has 170 valence electrons. The Bertz CT molecular complexity index is 1260. The molecule has 0 aliphatic carbocycles. The van der Waals surface area contributed by atoms with Crippen molar-refractivity contribution in [3.8, 4) is 11.1 Å². The van der Waals surface area contributed by atoms with Crippen molar-refractivity contribution in [3.63, 3.8) is 0 Å². The first-order valence-corrected chi connectivity index (χ1v) is 11.7. The number of hydrogen-bond donors (Lipinski definition) is 0. The van der Waals surface area contributed by atoms with E-state index in [1.807, 2.05) is 64.9 Å². The highest BCUT2D eigenvalue weighted by molar-refractivity contribution is 6.01. The molecule has 1 aromatic heterocycles. The molecule has 1 amide bonds. The summed E-state index contributed by atoms with van der Waals surface area (Å²) in [6.45, 7) is 4.76. The van der Waals surface area contributed by atoms with Crippen molar-refractivity contribution < 1.29 is 4.79 Å². The molecule has 2 aliphatic heterocycles. The molecule has 0 spiro atoms.